The number of carbonyl (C=O) groups excluding carboxylic acids is 1. The molecule has 0 aromatic carbocycles. The van der Waals surface area contributed by atoms with E-state index in [2.05, 4.69) is 15.5 Å². The average Bonchev–Trinajstić information content (AvgIpc) is 2.72. The zero-order valence-electron chi connectivity index (χ0n) is 10.1. The third kappa shape index (κ3) is 2.80. The topological polar surface area (TPSA) is 72.3 Å². The molecular formula is C10H17N5O2. The molecule has 2 rings (SSSR count). The second-order valence-electron chi connectivity index (χ2n) is 4.14. The minimum atomic E-state index is -0.0509. The first-order valence-corrected chi connectivity index (χ1v) is 5.58. The molecule has 1 aliphatic rings. The van der Waals surface area contributed by atoms with E-state index in [0.717, 1.165) is 31.3 Å². The van der Waals surface area contributed by atoms with Gasteiger partial charge in [0.2, 0.25) is 5.91 Å². The number of nitrogens with zero attached hydrogens (tertiary/aromatic N) is 4. The largest absolute Gasteiger partial charge is 0.364 e. The van der Waals surface area contributed by atoms with Crippen molar-refractivity contribution >= 4 is 5.91 Å². The highest BCUT2D eigenvalue weighted by atomic mass is 16.5. The molecule has 0 atom stereocenters. The van der Waals surface area contributed by atoms with Gasteiger partial charge in [0, 0.05) is 27.2 Å². The summed E-state index contributed by atoms with van der Waals surface area (Å²) in [6.07, 6.45) is 0. The van der Waals surface area contributed by atoms with Gasteiger partial charge in [0.05, 0.1) is 6.54 Å². The Bertz CT molecular complexity index is 401. The monoisotopic (exact) mass is 239 g/mol. The lowest BCUT2D eigenvalue weighted by atomic mass is 10.4. The molecule has 0 saturated carbocycles. The lowest BCUT2D eigenvalue weighted by molar-refractivity contribution is -0.134. The van der Waals surface area contributed by atoms with E-state index >= 15 is 0 Å². The number of amides is 1. The van der Waals surface area contributed by atoms with Gasteiger partial charge in [-0.1, -0.05) is 0 Å². The quantitative estimate of drug-likeness (QED) is 0.728. The van der Waals surface area contributed by atoms with Crippen LogP contribution in [0.4, 0.5) is 0 Å². The van der Waals surface area contributed by atoms with Crippen LogP contribution in [0, 0.1) is 0 Å². The summed E-state index contributed by atoms with van der Waals surface area (Å²) in [5.74, 6) is 1.66. The van der Waals surface area contributed by atoms with Crippen LogP contribution in [0.15, 0.2) is 0 Å². The minimum absolute atomic E-state index is 0.0509. The smallest absolute Gasteiger partial charge is 0.248 e. The Labute approximate surface area is 99.8 Å². The molecule has 7 nitrogen and oxygen atoms in total. The van der Waals surface area contributed by atoms with Crippen molar-refractivity contribution in [2.75, 3.05) is 27.2 Å². The molecule has 0 spiro atoms. The number of fused-ring (bicyclic) bond motifs is 1. The molecule has 7 heteroatoms. The molecule has 1 aromatic heterocycles. The summed E-state index contributed by atoms with van der Waals surface area (Å²) in [6.45, 7) is 2.90. The number of nitrogens with one attached hydrogen (secondary N) is 1. The summed E-state index contributed by atoms with van der Waals surface area (Å²) >= 11 is 0. The van der Waals surface area contributed by atoms with Gasteiger partial charge in [-0.3, -0.25) is 4.79 Å². The Morgan fingerprint density at radius 2 is 2.35 bits per heavy atom. The van der Waals surface area contributed by atoms with E-state index in [1.165, 1.54) is 4.90 Å². The zero-order chi connectivity index (χ0) is 12.3. The SMILES string of the molecule is CN(C)C(=O)COCc1nnc2n1CCNC2. The highest BCUT2D eigenvalue weighted by Gasteiger charge is 2.15. The van der Waals surface area contributed by atoms with Crippen LogP contribution in [-0.2, 0) is 29.2 Å². The van der Waals surface area contributed by atoms with Crippen LogP contribution in [0.3, 0.4) is 0 Å². The van der Waals surface area contributed by atoms with Crippen molar-refractivity contribution < 1.29 is 9.53 Å². The first kappa shape index (κ1) is 12.0. The van der Waals surface area contributed by atoms with Crippen LogP contribution in [0.25, 0.3) is 0 Å². The summed E-state index contributed by atoms with van der Waals surface area (Å²) in [4.78, 5) is 12.8. The van der Waals surface area contributed by atoms with Gasteiger partial charge < -0.3 is 19.5 Å². The predicted octanol–water partition coefficient (Wildman–Crippen LogP) is -1.01. The van der Waals surface area contributed by atoms with Crippen molar-refractivity contribution in [3.63, 3.8) is 0 Å². The van der Waals surface area contributed by atoms with Crippen LogP contribution >= 0.6 is 0 Å². The maximum absolute atomic E-state index is 11.3. The van der Waals surface area contributed by atoms with Gasteiger partial charge in [0.1, 0.15) is 19.0 Å². The predicted molar refractivity (Wildman–Crippen MR) is 60.1 cm³/mol. The van der Waals surface area contributed by atoms with Gasteiger partial charge in [-0.05, 0) is 0 Å². The number of hydrogen-bond acceptors (Lipinski definition) is 5. The molecule has 17 heavy (non-hydrogen) atoms. The van der Waals surface area contributed by atoms with Crippen LogP contribution in [0.2, 0.25) is 0 Å². The highest BCUT2D eigenvalue weighted by molar-refractivity contribution is 5.76. The Morgan fingerprint density at radius 3 is 3.12 bits per heavy atom. The fourth-order valence-corrected chi connectivity index (χ4v) is 1.62. The summed E-state index contributed by atoms with van der Waals surface area (Å²) in [6, 6.07) is 0. The third-order valence-corrected chi connectivity index (χ3v) is 2.65. The van der Waals surface area contributed by atoms with Crippen molar-refractivity contribution in [1.82, 2.24) is 25.0 Å². The van der Waals surface area contributed by atoms with Crippen molar-refractivity contribution in [3.8, 4) is 0 Å². The second-order valence-corrected chi connectivity index (χ2v) is 4.14. The van der Waals surface area contributed by atoms with Crippen LogP contribution in [0.1, 0.15) is 11.6 Å². The molecule has 1 aliphatic heterocycles. The summed E-state index contributed by atoms with van der Waals surface area (Å²) in [7, 11) is 3.41. The Hall–Kier alpha value is -1.47. The first-order chi connectivity index (χ1) is 8.18. The van der Waals surface area contributed by atoms with Crippen LogP contribution in [-0.4, -0.2) is 52.8 Å². The first-order valence-electron chi connectivity index (χ1n) is 5.58. The number of hydrogen-bond donors (Lipinski definition) is 1. The van der Waals surface area contributed by atoms with E-state index in [1.807, 2.05) is 4.57 Å². The zero-order valence-corrected chi connectivity index (χ0v) is 10.1. The van der Waals surface area contributed by atoms with E-state index in [0.29, 0.717) is 6.61 Å². The molecule has 0 unspecified atom stereocenters. The number of likely N-dealkylation sites (N-methyl/N-ethyl adjacent to an activating group) is 1. The Balaban J connectivity index is 1.87. The highest BCUT2D eigenvalue weighted by Crippen LogP contribution is 2.06. The summed E-state index contributed by atoms with van der Waals surface area (Å²) < 4.78 is 7.37. The molecule has 0 radical (unpaired) electrons. The third-order valence-electron chi connectivity index (χ3n) is 2.65. The van der Waals surface area contributed by atoms with E-state index in [-0.39, 0.29) is 12.5 Å². The molecule has 1 amide bonds. The van der Waals surface area contributed by atoms with Crippen molar-refractivity contribution in [1.29, 1.82) is 0 Å². The van der Waals surface area contributed by atoms with E-state index < -0.39 is 0 Å². The maximum Gasteiger partial charge on any atom is 0.248 e. The lowest BCUT2D eigenvalue weighted by Crippen LogP contribution is -2.29. The number of rotatable bonds is 4. The maximum atomic E-state index is 11.3. The van der Waals surface area contributed by atoms with Gasteiger partial charge in [0.25, 0.3) is 0 Å². The van der Waals surface area contributed by atoms with Crippen molar-refractivity contribution in [2.45, 2.75) is 19.7 Å². The molecule has 0 bridgehead atoms. The van der Waals surface area contributed by atoms with Crippen molar-refractivity contribution in [3.05, 3.63) is 11.6 Å². The molecule has 94 valence electrons. The van der Waals surface area contributed by atoms with Gasteiger partial charge >= 0.3 is 0 Å². The molecule has 1 N–H and O–H groups in total. The van der Waals surface area contributed by atoms with Crippen molar-refractivity contribution in [2.24, 2.45) is 0 Å². The lowest BCUT2D eigenvalue weighted by Gasteiger charge is -2.16. The van der Waals surface area contributed by atoms with Crippen LogP contribution in [0.5, 0.6) is 0 Å². The summed E-state index contributed by atoms with van der Waals surface area (Å²) in [5, 5.41) is 11.3. The average molecular weight is 239 g/mol. The fraction of sp³-hybridized carbons (Fsp3) is 0.700. The number of ether oxygens (including phenoxy) is 1. The van der Waals surface area contributed by atoms with E-state index in [1.54, 1.807) is 14.1 Å². The molecule has 1 aromatic rings. The Kier molecular flexibility index (Phi) is 3.70. The normalized spacial score (nSPS) is 14.5. The Morgan fingerprint density at radius 1 is 1.53 bits per heavy atom. The molecule has 0 fully saturated rings. The van der Waals surface area contributed by atoms with Gasteiger partial charge in [0.15, 0.2) is 5.82 Å². The van der Waals surface area contributed by atoms with Gasteiger partial charge in [-0.25, -0.2) is 0 Å². The second kappa shape index (κ2) is 5.24. The van der Waals surface area contributed by atoms with E-state index in [9.17, 15) is 4.79 Å². The van der Waals surface area contributed by atoms with E-state index in [4.69, 9.17) is 4.74 Å². The minimum Gasteiger partial charge on any atom is -0.364 e. The van der Waals surface area contributed by atoms with Gasteiger partial charge in [-0.15, -0.1) is 10.2 Å². The molecular weight excluding hydrogens is 222 g/mol. The van der Waals surface area contributed by atoms with Gasteiger partial charge in [-0.2, -0.15) is 0 Å². The molecule has 0 aliphatic carbocycles. The molecule has 0 saturated heterocycles. The molecule has 2 heterocycles. The standard InChI is InChI=1S/C10H17N5O2/c1-14(2)10(16)7-17-6-9-13-12-8-5-11-3-4-15(8)9/h11H,3-7H2,1-2H3. The summed E-state index contributed by atoms with van der Waals surface area (Å²) in [5.41, 5.74) is 0. The van der Waals surface area contributed by atoms with Crippen LogP contribution < -0.4 is 5.32 Å². The fourth-order valence-electron chi connectivity index (χ4n) is 1.62. The number of carbonyl (C=O) groups is 1. The number of aromatic nitrogens is 3.